The third-order valence-corrected chi connectivity index (χ3v) is 2.47. The van der Waals surface area contributed by atoms with Crippen molar-refractivity contribution in [2.24, 2.45) is 0 Å². The van der Waals surface area contributed by atoms with E-state index in [9.17, 15) is 4.79 Å². The van der Waals surface area contributed by atoms with Crippen LogP contribution in [0, 0.1) is 0 Å². The predicted molar refractivity (Wildman–Crippen MR) is 54.6 cm³/mol. The SMILES string of the molecule is CC1CN(C(=O)c2ccco2)CCCO1. The number of hydrogen-bond acceptors (Lipinski definition) is 3. The number of furan rings is 1. The van der Waals surface area contributed by atoms with Crippen LogP contribution in [0.2, 0.25) is 0 Å². The second-order valence-corrected chi connectivity index (χ2v) is 3.76. The van der Waals surface area contributed by atoms with Gasteiger partial charge in [-0.25, -0.2) is 0 Å². The molecule has 2 heterocycles. The summed E-state index contributed by atoms with van der Waals surface area (Å²) in [7, 11) is 0. The van der Waals surface area contributed by atoms with Gasteiger partial charge in [0.05, 0.1) is 12.4 Å². The molecule has 4 nitrogen and oxygen atoms in total. The molecule has 0 aliphatic carbocycles. The Morgan fingerprint density at radius 2 is 2.47 bits per heavy atom. The minimum atomic E-state index is -0.0441. The van der Waals surface area contributed by atoms with Gasteiger partial charge in [0.2, 0.25) is 0 Å². The van der Waals surface area contributed by atoms with Gasteiger partial charge in [-0.05, 0) is 25.5 Å². The summed E-state index contributed by atoms with van der Waals surface area (Å²) >= 11 is 0. The lowest BCUT2D eigenvalue weighted by molar-refractivity contribution is 0.0544. The average Bonchev–Trinajstić information content (AvgIpc) is 2.67. The van der Waals surface area contributed by atoms with Gasteiger partial charge in [0, 0.05) is 19.7 Å². The van der Waals surface area contributed by atoms with Gasteiger partial charge in [-0.2, -0.15) is 0 Å². The predicted octanol–water partition coefficient (Wildman–Crippen LogP) is 1.53. The van der Waals surface area contributed by atoms with Gasteiger partial charge in [0.1, 0.15) is 0 Å². The third kappa shape index (κ3) is 2.39. The zero-order chi connectivity index (χ0) is 10.7. The van der Waals surface area contributed by atoms with Crippen molar-refractivity contribution in [1.82, 2.24) is 4.90 Å². The highest BCUT2D eigenvalue weighted by atomic mass is 16.5. The first-order valence-electron chi connectivity index (χ1n) is 5.22. The van der Waals surface area contributed by atoms with E-state index in [2.05, 4.69) is 0 Å². The molecule has 2 rings (SSSR count). The summed E-state index contributed by atoms with van der Waals surface area (Å²) in [5.74, 6) is 0.362. The molecule has 0 N–H and O–H groups in total. The molecule has 1 unspecified atom stereocenters. The summed E-state index contributed by atoms with van der Waals surface area (Å²) in [5.41, 5.74) is 0. The summed E-state index contributed by atoms with van der Waals surface area (Å²) in [6.45, 7) is 4.08. The molecule has 1 atom stereocenters. The average molecular weight is 209 g/mol. The van der Waals surface area contributed by atoms with Crippen LogP contribution in [0.3, 0.4) is 0 Å². The summed E-state index contributed by atoms with van der Waals surface area (Å²) in [6.07, 6.45) is 2.51. The monoisotopic (exact) mass is 209 g/mol. The molecule has 1 fully saturated rings. The number of hydrogen-bond donors (Lipinski definition) is 0. The summed E-state index contributed by atoms with van der Waals surface area (Å²) < 4.78 is 10.6. The van der Waals surface area contributed by atoms with Crippen LogP contribution in [0.5, 0.6) is 0 Å². The maximum absolute atomic E-state index is 11.9. The van der Waals surface area contributed by atoms with E-state index in [0.29, 0.717) is 12.3 Å². The second-order valence-electron chi connectivity index (χ2n) is 3.76. The Kier molecular flexibility index (Phi) is 3.06. The van der Waals surface area contributed by atoms with Crippen molar-refractivity contribution in [3.63, 3.8) is 0 Å². The molecule has 1 amide bonds. The van der Waals surface area contributed by atoms with Crippen LogP contribution in [0.25, 0.3) is 0 Å². The highest BCUT2D eigenvalue weighted by Crippen LogP contribution is 2.10. The summed E-state index contributed by atoms with van der Waals surface area (Å²) in [6, 6.07) is 3.42. The van der Waals surface area contributed by atoms with Gasteiger partial charge < -0.3 is 14.1 Å². The number of carbonyl (C=O) groups excluding carboxylic acids is 1. The van der Waals surface area contributed by atoms with Crippen molar-refractivity contribution < 1.29 is 13.9 Å². The Morgan fingerprint density at radius 1 is 1.60 bits per heavy atom. The van der Waals surface area contributed by atoms with Crippen molar-refractivity contribution >= 4 is 5.91 Å². The zero-order valence-electron chi connectivity index (χ0n) is 8.81. The number of nitrogens with zero attached hydrogens (tertiary/aromatic N) is 1. The second kappa shape index (κ2) is 4.49. The minimum absolute atomic E-state index is 0.0441. The maximum atomic E-state index is 11.9. The van der Waals surface area contributed by atoms with E-state index in [-0.39, 0.29) is 12.0 Å². The van der Waals surface area contributed by atoms with Crippen molar-refractivity contribution in [2.45, 2.75) is 19.4 Å². The van der Waals surface area contributed by atoms with Crippen LogP contribution in [0.15, 0.2) is 22.8 Å². The normalized spacial score (nSPS) is 22.5. The van der Waals surface area contributed by atoms with Gasteiger partial charge in [-0.3, -0.25) is 4.79 Å². The molecule has 0 saturated carbocycles. The molecule has 1 aliphatic rings. The van der Waals surface area contributed by atoms with Gasteiger partial charge in [-0.1, -0.05) is 0 Å². The molecule has 0 aromatic carbocycles. The summed E-state index contributed by atoms with van der Waals surface area (Å²) in [5, 5.41) is 0. The smallest absolute Gasteiger partial charge is 0.289 e. The highest BCUT2D eigenvalue weighted by molar-refractivity contribution is 5.91. The van der Waals surface area contributed by atoms with E-state index in [4.69, 9.17) is 9.15 Å². The molecular formula is C11H15NO3. The van der Waals surface area contributed by atoms with Gasteiger partial charge >= 0.3 is 0 Å². The first-order chi connectivity index (χ1) is 7.27. The lowest BCUT2D eigenvalue weighted by Crippen LogP contribution is -2.35. The van der Waals surface area contributed by atoms with Crippen molar-refractivity contribution in [3.05, 3.63) is 24.2 Å². The van der Waals surface area contributed by atoms with Gasteiger partial charge in [-0.15, -0.1) is 0 Å². The van der Waals surface area contributed by atoms with Crippen molar-refractivity contribution in [3.8, 4) is 0 Å². The Balaban J connectivity index is 2.06. The quantitative estimate of drug-likeness (QED) is 0.704. The van der Waals surface area contributed by atoms with Gasteiger partial charge in [0.15, 0.2) is 5.76 Å². The number of amides is 1. The standard InChI is InChI=1S/C11H15NO3/c1-9-8-12(5-3-7-14-9)11(13)10-4-2-6-15-10/h2,4,6,9H,3,5,7-8H2,1H3. The van der Waals surface area contributed by atoms with Crippen LogP contribution in [-0.4, -0.2) is 36.6 Å². The number of ether oxygens (including phenoxy) is 1. The molecule has 1 aromatic rings. The molecule has 0 bridgehead atoms. The fourth-order valence-electron chi connectivity index (χ4n) is 1.73. The van der Waals surface area contributed by atoms with Crippen LogP contribution in [0.4, 0.5) is 0 Å². The fourth-order valence-corrected chi connectivity index (χ4v) is 1.73. The minimum Gasteiger partial charge on any atom is -0.459 e. The van der Waals surface area contributed by atoms with Crippen LogP contribution >= 0.6 is 0 Å². The number of carbonyl (C=O) groups is 1. The topological polar surface area (TPSA) is 42.7 Å². The number of rotatable bonds is 1. The van der Waals surface area contributed by atoms with E-state index in [1.165, 1.54) is 6.26 Å². The van der Waals surface area contributed by atoms with Crippen molar-refractivity contribution in [1.29, 1.82) is 0 Å². The fraction of sp³-hybridized carbons (Fsp3) is 0.545. The van der Waals surface area contributed by atoms with Gasteiger partial charge in [0.25, 0.3) is 5.91 Å². The highest BCUT2D eigenvalue weighted by Gasteiger charge is 2.22. The van der Waals surface area contributed by atoms with Crippen LogP contribution in [0.1, 0.15) is 23.9 Å². The van der Waals surface area contributed by atoms with Crippen molar-refractivity contribution in [2.75, 3.05) is 19.7 Å². The summed E-state index contributed by atoms with van der Waals surface area (Å²) in [4.78, 5) is 13.7. The van der Waals surface area contributed by atoms with E-state index in [0.717, 1.165) is 19.6 Å². The first kappa shape index (κ1) is 10.2. The molecular weight excluding hydrogens is 194 g/mol. The lowest BCUT2D eigenvalue weighted by atomic mass is 10.3. The Labute approximate surface area is 88.8 Å². The van der Waals surface area contributed by atoms with Crippen LogP contribution in [-0.2, 0) is 4.74 Å². The molecule has 4 heteroatoms. The van der Waals surface area contributed by atoms with E-state index in [1.807, 2.05) is 6.92 Å². The van der Waals surface area contributed by atoms with E-state index in [1.54, 1.807) is 17.0 Å². The first-order valence-corrected chi connectivity index (χ1v) is 5.22. The molecule has 1 aromatic heterocycles. The molecule has 15 heavy (non-hydrogen) atoms. The largest absolute Gasteiger partial charge is 0.459 e. The molecule has 82 valence electrons. The zero-order valence-corrected chi connectivity index (χ0v) is 8.81. The lowest BCUT2D eigenvalue weighted by Gasteiger charge is -2.20. The molecule has 1 saturated heterocycles. The third-order valence-electron chi connectivity index (χ3n) is 2.47. The Hall–Kier alpha value is -1.29. The maximum Gasteiger partial charge on any atom is 0.289 e. The molecule has 0 radical (unpaired) electrons. The molecule has 1 aliphatic heterocycles. The Morgan fingerprint density at radius 3 is 3.20 bits per heavy atom. The van der Waals surface area contributed by atoms with E-state index >= 15 is 0 Å². The van der Waals surface area contributed by atoms with E-state index < -0.39 is 0 Å². The van der Waals surface area contributed by atoms with Crippen LogP contribution < -0.4 is 0 Å². The Bertz CT molecular complexity index is 321. The molecule has 0 spiro atoms.